The zero-order valence-electron chi connectivity index (χ0n) is 15.5. The van der Waals surface area contributed by atoms with Gasteiger partial charge in [0.15, 0.2) is 0 Å². The average molecular weight is 349 g/mol. The summed E-state index contributed by atoms with van der Waals surface area (Å²) in [7, 11) is 0. The van der Waals surface area contributed by atoms with Crippen LogP contribution in [0.2, 0.25) is 0 Å². The highest BCUT2D eigenvalue weighted by Gasteiger charge is 2.33. The number of nitrogens with two attached hydrogens (primary N) is 1. The third-order valence-corrected chi connectivity index (χ3v) is 4.54. The number of hydrogen-bond acceptors (Lipinski definition) is 5. The lowest BCUT2D eigenvalue weighted by Crippen LogP contribution is -2.39. The van der Waals surface area contributed by atoms with Crippen LogP contribution in [0, 0.1) is 17.8 Å². The zero-order chi connectivity index (χ0) is 18.2. The van der Waals surface area contributed by atoms with Crippen LogP contribution >= 0.6 is 0 Å². The number of ether oxygens (including phenoxy) is 3. The van der Waals surface area contributed by atoms with Crippen molar-refractivity contribution in [3.63, 3.8) is 0 Å². The maximum absolute atomic E-state index is 12.1. The van der Waals surface area contributed by atoms with Gasteiger partial charge < -0.3 is 19.9 Å². The van der Waals surface area contributed by atoms with E-state index in [1.807, 2.05) is 25.1 Å². The molecule has 1 aliphatic rings. The van der Waals surface area contributed by atoms with E-state index in [-0.39, 0.29) is 24.5 Å². The van der Waals surface area contributed by atoms with Gasteiger partial charge in [0.05, 0.1) is 19.8 Å². The van der Waals surface area contributed by atoms with E-state index in [9.17, 15) is 4.79 Å². The molecule has 0 aliphatic carbocycles. The molecule has 0 bridgehead atoms. The standard InChI is InChI=1S/C20H31NO4/c1-14(2)10-23-12-18-15(3)25-20(22)19(21)13-24-11-17(18)9-16-7-5-4-6-8-16/h4-8,14-15,17-19H,9-13,21H2,1-3H3/t15-,17-,18-,19+/m1/s1. The van der Waals surface area contributed by atoms with Crippen LogP contribution in [0.3, 0.4) is 0 Å². The summed E-state index contributed by atoms with van der Waals surface area (Å²) in [4.78, 5) is 12.1. The Morgan fingerprint density at radius 2 is 1.96 bits per heavy atom. The minimum Gasteiger partial charge on any atom is -0.461 e. The first-order valence-corrected chi connectivity index (χ1v) is 9.12. The highest BCUT2D eigenvalue weighted by molar-refractivity contribution is 5.75. The van der Waals surface area contributed by atoms with Crippen LogP contribution in [0.1, 0.15) is 26.3 Å². The van der Waals surface area contributed by atoms with E-state index < -0.39 is 12.0 Å². The van der Waals surface area contributed by atoms with Gasteiger partial charge in [0.25, 0.3) is 0 Å². The van der Waals surface area contributed by atoms with Gasteiger partial charge in [-0.05, 0) is 30.7 Å². The molecule has 5 heteroatoms. The van der Waals surface area contributed by atoms with Crippen molar-refractivity contribution in [3.05, 3.63) is 35.9 Å². The Bertz CT molecular complexity index is 520. The van der Waals surface area contributed by atoms with E-state index in [1.165, 1.54) is 5.56 Å². The fourth-order valence-corrected chi connectivity index (χ4v) is 3.12. The number of hydrogen-bond donors (Lipinski definition) is 1. The Labute approximate surface area is 150 Å². The Hall–Kier alpha value is -1.43. The average Bonchev–Trinajstić information content (AvgIpc) is 2.61. The number of carbonyl (C=O) groups is 1. The highest BCUT2D eigenvalue weighted by Crippen LogP contribution is 2.26. The molecular weight excluding hydrogens is 318 g/mol. The highest BCUT2D eigenvalue weighted by atomic mass is 16.6. The van der Waals surface area contributed by atoms with Crippen molar-refractivity contribution in [2.45, 2.75) is 39.3 Å². The molecule has 1 aromatic carbocycles. The van der Waals surface area contributed by atoms with Gasteiger partial charge in [-0.3, -0.25) is 4.79 Å². The zero-order valence-corrected chi connectivity index (χ0v) is 15.5. The number of cyclic esters (lactones) is 1. The van der Waals surface area contributed by atoms with E-state index in [4.69, 9.17) is 19.9 Å². The number of benzene rings is 1. The van der Waals surface area contributed by atoms with Crippen molar-refractivity contribution in [2.24, 2.45) is 23.5 Å². The first-order valence-electron chi connectivity index (χ1n) is 9.12. The topological polar surface area (TPSA) is 70.8 Å². The lowest BCUT2D eigenvalue weighted by molar-refractivity contribution is -0.154. The van der Waals surface area contributed by atoms with Gasteiger partial charge in [-0.2, -0.15) is 0 Å². The SMILES string of the molecule is CC(C)COC[C@H]1[C@H](Cc2ccccc2)COC[C@H](N)C(=O)O[C@@H]1C. The van der Waals surface area contributed by atoms with Crippen LogP contribution in [0.5, 0.6) is 0 Å². The monoisotopic (exact) mass is 349 g/mol. The molecule has 0 amide bonds. The normalized spacial score (nSPS) is 28.1. The molecule has 0 unspecified atom stereocenters. The van der Waals surface area contributed by atoms with Crippen LogP contribution in [-0.2, 0) is 25.4 Å². The van der Waals surface area contributed by atoms with E-state index >= 15 is 0 Å². The summed E-state index contributed by atoms with van der Waals surface area (Å²) < 4.78 is 17.2. The number of carbonyl (C=O) groups excluding carboxylic acids is 1. The van der Waals surface area contributed by atoms with Crippen molar-refractivity contribution < 1.29 is 19.0 Å². The van der Waals surface area contributed by atoms with Crippen LogP contribution in [0.15, 0.2) is 30.3 Å². The molecule has 0 saturated carbocycles. The third kappa shape index (κ3) is 6.42. The number of rotatable bonds is 6. The maximum Gasteiger partial charge on any atom is 0.325 e. The van der Waals surface area contributed by atoms with Crippen molar-refractivity contribution in [3.8, 4) is 0 Å². The molecule has 1 heterocycles. The van der Waals surface area contributed by atoms with Crippen LogP contribution in [-0.4, -0.2) is 44.5 Å². The van der Waals surface area contributed by atoms with Crippen molar-refractivity contribution in [2.75, 3.05) is 26.4 Å². The predicted molar refractivity (Wildman–Crippen MR) is 97.1 cm³/mol. The summed E-state index contributed by atoms with van der Waals surface area (Å²) >= 11 is 0. The van der Waals surface area contributed by atoms with E-state index in [0.29, 0.717) is 25.7 Å². The lowest BCUT2D eigenvalue weighted by Gasteiger charge is -2.31. The summed E-state index contributed by atoms with van der Waals surface area (Å²) in [6.45, 7) is 8.14. The molecule has 1 fully saturated rings. The first kappa shape index (κ1) is 19.9. The summed E-state index contributed by atoms with van der Waals surface area (Å²) in [5.41, 5.74) is 7.07. The fourth-order valence-electron chi connectivity index (χ4n) is 3.12. The molecule has 1 aromatic rings. The molecule has 1 aliphatic heterocycles. The van der Waals surface area contributed by atoms with E-state index in [1.54, 1.807) is 0 Å². The largest absolute Gasteiger partial charge is 0.461 e. The second-order valence-corrected chi connectivity index (χ2v) is 7.33. The molecule has 0 aromatic heterocycles. The van der Waals surface area contributed by atoms with Gasteiger partial charge >= 0.3 is 5.97 Å². The molecule has 2 rings (SSSR count). The maximum atomic E-state index is 12.1. The van der Waals surface area contributed by atoms with Crippen LogP contribution in [0.25, 0.3) is 0 Å². The third-order valence-electron chi connectivity index (χ3n) is 4.54. The minimum atomic E-state index is -0.727. The molecule has 4 atom stereocenters. The predicted octanol–water partition coefficient (Wildman–Crippen LogP) is 2.42. The summed E-state index contributed by atoms with van der Waals surface area (Å²) in [6.07, 6.45) is 0.592. The van der Waals surface area contributed by atoms with Crippen molar-refractivity contribution in [1.82, 2.24) is 0 Å². The molecule has 25 heavy (non-hydrogen) atoms. The van der Waals surface area contributed by atoms with Gasteiger partial charge in [-0.15, -0.1) is 0 Å². The van der Waals surface area contributed by atoms with E-state index in [2.05, 4.69) is 26.0 Å². The van der Waals surface area contributed by atoms with Crippen molar-refractivity contribution >= 4 is 5.97 Å². The van der Waals surface area contributed by atoms with Gasteiger partial charge in [0.1, 0.15) is 12.1 Å². The quantitative estimate of drug-likeness (QED) is 0.799. The second-order valence-electron chi connectivity index (χ2n) is 7.33. The summed E-state index contributed by atoms with van der Waals surface area (Å²) in [5, 5.41) is 0. The van der Waals surface area contributed by atoms with Gasteiger partial charge in [-0.1, -0.05) is 44.2 Å². The molecular formula is C20H31NO4. The smallest absolute Gasteiger partial charge is 0.325 e. The molecule has 1 saturated heterocycles. The Balaban J connectivity index is 2.14. The van der Waals surface area contributed by atoms with E-state index in [0.717, 1.165) is 6.42 Å². The van der Waals surface area contributed by atoms with Gasteiger partial charge in [0.2, 0.25) is 0 Å². The molecule has 5 nitrogen and oxygen atoms in total. The molecule has 0 spiro atoms. The fraction of sp³-hybridized carbons (Fsp3) is 0.650. The summed E-state index contributed by atoms with van der Waals surface area (Å²) in [5.74, 6) is 0.323. The van der Waals surface area contributed by atoms with Gasteiger partial charge in [-0.25, -0.2) is 0 Å². The Morgan fingerprint density at radius 1 is 1.24 bits per heavy atom. The second kappa shape index (κ2) is 9.90. The van der Waals surface area contributed by atoms with Crippen LogP contribution < -0.4 is 5.73 Å². The molecule has 2 N–H and O–H groups in total. The minimum absolute atomic E-state index is 0.0632. The van der Waals surface area contributed by atoms with Gasteiger partial charge in [0, 0.05) is 12.5 Å². The summed E-state index contributed by atoms with van der Waals surface area (Å²) in [6, 6.07) is 9.58. The lowest BCUT2D eigenvalue weighted by atomic mass is 9.84. The first-order chi connectivity index (χ1) is 12.0. The number of esters is 1. The molecule has 0 radical (unpaired) electrons. The molecule has 140 valence electrons. The Morgan fingerprint density at radius 3 is 2.64 bits per heavy atom. The van der Waals surface area contributed by atoms with Crippen molar-refractivity contribution in [1.29, 1.82) is 0 Å². The Kier molecular flexibility index (Phi) is 7.88. The van der Waals surface area contributed by atoms with Crippen LogP contribution in [0.4, 0.5) is 0 Å².